The van der Waals surface area contributed by atoms with E-state index < -0.39 is 0 Å². The van der Waals surface area contributed by atoms with Gasteiger partial charge in [0, 0.05) is 12.6 Å². The Morgan fingerprint density at radius 3 is 2.09 bits per heavy atom. The van der Waals surface area contributed by atoms with Gasteiger partial charge < -0.3 is 15.1 Å². The lowest BCUT2D eigenvalue weighted by Gasteiger charge is -2.41. The van der Waals surface area contributed by atoms with E-state index in [1.54, 1.807) is 0 Å². The first-order valence-electron chi connectivity index (χ1n) is 9.89. The molecule has 3 rings (SSSR count). The molecule has 0 aromatic carbocycles. The summed E-state index contributed by atoms with van der Waals surface area (Å²) < 4.78 is 0. The molecule has 3 heteroatoms. The van der Waals surface area contributed by atoms with Crippen LogP contribution >= 0.6 is 0 Å². The van der Waals surface area contributed by atoms with Gasteiger partial charge in [0.05, 0.1) is 0 Å². The highest BCUT2D eigenvalue weighted by atomic mass is 15.2. The molecule has 0 aromatic heterocycles. The molecule has 22 heavy (non-hydrogen) atoms. The molecule has 3 aliphatic rings. The average Bonchev–Trinajstić information content (AvgIpc) is 2.57. The Hall–Kier alpha value is -0.120. The number of hydrogen-bond acceptors (Lipinski definition) is 3. The third-order valence-corrected chi connectivity index (χ3v) is 6.57. The van der Waals surface area contributed by atoms with Crippen molar-refractivity contribution in [3.8, 4) is 0 Å². The van der Waals surface area contributed by atoms with Gasteiger partial charge in [-0.25, -0.2) is 0 Å². The Bertz CT molecular complexity index is 309. The van der Waals surface area contributed by atoms with E-state index in [0.29, 0.717) is 0 Å². The predicted octanol–water partition coefficient (Wildman–Crippen LogP) is 2.82. The largest absolute Gasteiger partial charge is 0.317 e. The lowest BCUT2D eigenvalue weighted by molar-refractivity contribution is 0.0806. The fourth-order valence-electron chi connectivity index (χ4n) is 4.84. The number of likely N-dealkylation sites (tertiary alicyclic amines) is 2. The molecule has 3 saturated heterocycles. The molecule has 128 valence electrons. The fraction of sp³-hybridized carbons (Fsp3) is 1.00. The van der Waals surface area contributed by atoms with Gasteiger partial charge in [0.2, 0.25) is 0 Å². The van der Waals surface area contributed by atoms with Gasteiger partial charge in [0.25, 0.3) is 0 Å². The lowest BCUT2D eigenvalue weighted by atomic mass is 9.86. The van der Waals surface area contributed by atoms with Gasteiger partial charge >= 0.3 is 0 Å². The van der Waals surface area contributed by atoms with Gasteiger partial charge in [-0.2, -0.15) is 0 Å². The van der Waals surface area contributed by atoms with Crippen LogP contribution < -0.4 is 5.32 Å². The maximum absolute atomic E-state index is 3.49. The summed E-state index contributed by atoms with van der Waals surface area (Å²) in [4.78, 5) is 5.56. The highest BCUT2D eigenvalue weighted by molar-refractivity contribution is 4.84. The average molecular weight is 308 g/mol. The number of nitrogens with zero attached hydrogens (tertiary/aromatic N) is 2. The third-order valence-electron chi connectivity index (χ3n) is 6.57. The van der Waals surface area contributed by atoms with Gasteiger partial charge in [-0.15, -0.1) is 0 Å². The summed E-state index contributed by atoms with van der Waals surface area (Å²) in [7, 11) is 0. The number of rotatable bonds is 4. The summed E-state index contributed by atoms with van der Waals surface area (Å²) in [6.07, 6.45) is 8.49. The maximum atomic E-state index is 3.49. The predicted molar refractivity (Wildman–Crippen MR) is 94.2 cm³/mol. The zero-order valence-electron chi connectivity index (χ0n) is 14.9. The van der Waals surface area contributed by atoms with Crippen LogP contribution in [0.5, 0.6) is 0 Å². The first-order chi connectivity index (χ1) is 10.7. The lowest BCUT2D eigenvalue weighted by Crippen LogP contribution is -2.48. The maximum Gasteiger partial charge on any atom is 0.0119 e. The van der Waals surface area contributed by atoms with Crippen LogP contribution in [0.4, 0.5) is 0 Å². The van der Waals surface area contributed by atoms with Crippen LogP contribution in [0, 0.1) is 17.8 Å². The van der Waals surface area contributed by atoms with Crippen LogP contribution in [0.3, 0.4) is 0 Å². The molecular formula is C19H37N3. The molecule has 3 nitrogen and oxygen atoms in total. The molecule has 1 N–H and O–H groups in total. The van der Waals surface area contributed by atoms with Crippen molar-refractivity contribution in [3.63, 3.8) is 0 Å². The van der Waals surface area contributed by atoms with Crippen molar-refractivity contribution in [3.05, 3.63) is 0 Å². The SMILES string of the molecule is CC(C)C1CCN(CC2CCN(C3CCNCC3)CC2)CC1. The Morgan fingerprint density at radius 2 is 1.50 bits per heavy atom. The van der Waals surface area contributed by atoms with Gasteiger partial charge in [-0.3, -0.25) is 0 Å². The Balaban J connectivity index is 1.35. The highest BCUT2D eigenvalue weighted by Gasteiger charge is 2.28. The molecule has 0 radical (unpaired) electrons. The number of hydrogen-bond donors (Lipinski definition) is 1. The molecular weight excluding hydrogens is 270 g/mol. The molecule has 0 spiro atoms. The van der Waals surface area contributed by atoms with Gasteiger partial charge in [-0.1, -0.05) is 13.8 Å². The minimum atomic E-state index is 0.879. The van der Waals surface area contributed by atoms with E-state index in [2.05, 4.69) is 29.0 Å². The monoisotopic (exact) mass is 307 g/mol. The van der Waals surface area contributed by atoms with E-state index in [9.17, 15) is 0 Å². The zero-order valence-corrected chi connectivity index (χ0v) is 14.9. The molecule has 0 aromatic rings. The number of nitrogens with one attached hydrogen (secondary N) is 1. The summed E-state index contributed by atoms with van der Waals surface area (Å²) >= 11 is 0. The molecule has 3 fully saturated rings. The second kappa shape index (κ2) is 8.12. The second-order valence-corrected chi connectivity index (χ2v) is 8.34. The fourth-order valence-corrected chi connectivity index (χ4v) is 4.84. The van der Waals surface area contributed by atoms with Gasteiger partial charge in [0.1, 0.15) is 0 Å². The van der Waals surface area contributed by atoms with Crippen molar-refractivity contribution in [2.24, 2.45) is 17.8 Å². The number of piperidine rings is 3. The first kappa shape index (κ1) is 16.7. The molecule has 3 aliphatic heterocycles. The van der Waals surface area contributed by atoms with Crippen molar-refractivity contribution < 1.29 is 0 Å². The van der Waals surface area contributed by atoms with Crippen LogP contribution in [-0.2, 0) is 0 Å². The third kappa shape index (κ3) is 4.46. The molecule has 0 unspecified atom stereocenters. The van der Waals surface area contributed by atoms with Crippen molar-refractivity contribution in [2.45, 2.75) is 58.4 Å². The molecule has 0 atom stereocenters. The summed E-state index contributed by atoms with van der Waals surface area (Å²) in [5, 5.41) is 3.49. The van der Waals surface area contributed by atoms with Crippen LogP contribution in [0.1, 0.15) is 52.4 Å². The van der Waals surface area contributed by atoms with E-state index in [1.165, 1.54) is 84.3 Å². The zero-order chi connectivity index (χ0) is 15.4. The van der Waals surface area contributed by atoms with E-state index >= 15 is 0 Å². The van der Waals surface area contributed by atoms with E-state index in [4.69, 9.17) is 0 Å². The molecule has 0 bridgehead atoms. The second-order valence-electron chi connectivity index (χ2n) is 8.34. The Labute approximate surface area is 137 Å². The minimum absolute atomic E-state index is 0.879. The Kier molecular flexibility index (Phi) is 6.17. The first-order valence-corrected chi connectivity index (χ1v) is 9.89. The normalized spacial score (nSPS) is 28.5. The van der Waals surface area contributed by atoms with Crippen LogP contribution in [0.15, 0.2) is 0 Å². The van der Waals surface area contributed by atoms with Crippen molar-refractivity contribution in [1.82, 2.24) is 15.1 Å². The standard InChI is InChI=1S/C19H37N3/c1-16(2)18-7-11-21(12-8-18)15-17-5-13-22(14-6-17)19-3-9-20-10-4-19/h16-20H,3-15H2,1-2H3. The summed E-state index contributed by atoms with van der Waals surface area (Å²) in [5.41, 5.74) is 0. The van der Waals surface area contributed by atoms with E-state index in [1.807, 2.05) is 0 Å². The van der Waals surface area contributed by atoms with Crippen LogP contribution in [0.2, 0.25) is 0 Å². The highest BCUT2D eigenvalue weighted by Crippen LogP contribution is 2.27. The van der Waals surface area contributed by atoms with Crippen LogP contribution in [0.25, 0.3) is 0 Å². The Morgan fingerprint density at radius 1 is 0.864 bits per heavy atom. The van der Waals surface area contributed by atoms with Gasteiger partial charge in [-0.05, 0) is 95.5 Å². The summed E-state index contributed by atoms with van der Waals surface area (Å²) in [6.45, 7) is 14.1. The van der Waals surface area contributed by atoms with Gasteiger partial charge in [0.15, 0.2) is 0 Å². The quantitative estimate of drug-likeness (QED) is 0.861. The minimum Gasteiger partial charge on any atom is -0.317 e. The molecule has 0 saturated carbocycles. The summed E-state index contributed by atoms with van der Waals surface area (Å²) in [6, 6.07) is 0.879. The molecule has 0 amide bonds. The van der Waals surface area contributed by atoms with E-state index in [0.717, 1.165) is 23.8 Å². The van der Waals surface area contributed by atoms with E-state index in [-0.39, 0.29) is 0 Å². The van der Waals surface area contributed by atoms with Crippen molar-refractivity contribution >= 4 is 0 Å². The summed E-state index contributed by atoms with van der Waals surface area (Å²) in [5.74, 6) is 2.84. The van der Waals surface area contributed by atoms with Crippen LogP contribution in [-0.4, -0.2) is 61.7 Å². The molecule has 3 heterocycles. The van der Waals surface area contributed by atoms with Crippen molar-refractivity contribution in [1.29, 1.82) is 0 Å². The molecule has 0 aliphatic carbocycles. The smallest absolute Gasteiger partial charge is 0.0119 e. The van der Waals surface area contributed by atoms with Crippen molar-refractivity contribution in [2.75, 3.05) is 45.8 Å². The topological polar surface area (TPSA) is 18.5 Å².